The number of morpholine rings is 1. The highest BCUT2D eigenvalue weighted by molar-refractivity contribution is 7.98. The van der Waals surface area contributed by atoms with Crippen molar-refractivity contribution < 1.29 is 4.74 Å². The molecule has 4 rings (SSSR count). The molecule has 1 fully saturated rings. The number of halogens is 1. The van der Waals surface area contributed by atoms with Crippen LogP contribution >= 0.6 is 23.4 Å². The van der Waals surface area contributed by atoms with Crippen molar-refractivity contribution in [1.29, 1.82) is 0 Å². The summed E-state index contributed by atoms with van der Waals surface area (Å²) in [6.45, 7) is 3.09. The van der Waals surface area contributed by atoms with Gasteiger partial charge < -0.3 is 9.64 Å². The molecule has 0 spiro atoms. The second-order valence-corrected chi connectivity index (χ2v) is 7.35. The van der Waals surface area contributed by atoms with Crippen LogP contribution in [-0.4, -0.2) is 41.1 Å². The number of thioether (sulfide) groups is 1. The molecule has 1 aromatic heterocycles. The van der Waals surface area contributed by atoms with Crippen LogP contribution in [-0.2, 0) is 10.5 Å². The first-order valence-electron chi connectivity index (χ1n) is 8.52. The number of anilines is 1. The Morgan fingerprint density at radius 2 is 1.69 bits per heavy atom. The van der Waals surface area contributed by atoms with Crippen molar-refractivity contribution in [3.05, 3.63) is 65.2 Å². The zero-order chi connectivity index (χ0) is 17.8. The molecule has 2 aromatic carbocycles. The van der Waals surface area contributed by atoms with E-state index in [1.54, 1.807) is 11.8 Å². The molecular weight excluding hydrogens is 368 g/mol. The molecule has 0 saturated carbocycles. The normalized spacial score (nSPS) is 14.6. The number of nitrogens with zero attached hydrogens (tertiary/aromatic N) is 4. The number of hydrogen-bond acceptors (Lipinski definition) is 5. The van der Waals surface area contributed by atoms with Crippen molar-refractivity contribution in [3.63, 3.8) is 0 Å². The van der Waals surface area contributed by atoms with E-state index >= 15 is 0 Å². The van der Waals surface area contributed by atoms with E-state index in [4.69, 9.17) is 16.3 Å². The number of para-hydroxylation sites is 1. The summed E-state index contributed by atoms with van der Waals surface area (Å²) in [5.41, 5.74) is 2.27. The van der Waals surface area contributed by atoms with Gasteiger partial charge in [0.25, 0.3) is 0 Å². The van der Waals surface area contributed by atoms with Gasteiger partial charge in [-0.3, -0.25) is 4.57 Å². The summed E-state index contributed by atoms with van der Waals surface area (Å²) < 4.78 is 7.60. The van der Waals surface area contributed by atoms with Gasteiger partial charge in [-0.05, 0) is 29.8 Å². The second-order valence-electron chi connectivity index (χ2n) is 5.97. The van der Waals surface area contributed by atoms with E-state index in [0.29, 0.717) is 0 Å². The van der Waals surface area contributed by atoms with Crippen LogP contribution in [0.15, 0.2) is 59.8 Å². The van der Waals surface area contributed by atoms with Gasteiger partial charge in [-0.1, -0.05) is 53.7 Å². The summed E-state index contributed by atoms with van der Waals surface area (Å²) in [6, 6.07) is 18.2. The number of rotatable bonds is 5. The smallest absolute Gasteiger partial charge is 0.232 e. The largest absolute Gasteiger partial charge is 0.378 e. The third kappa shape index (κ3) is 3.87. The highest BCUT2D eigenvalue weighted by atomic mass is 35.5. The Labute approximate surface area is 161 Å². The average Bonchev–Trinajstić information content (AvgIpc) is 3.13. The van der Waals surface area contributed by atoms with Crippen molar-refractivity contribution in [3.8, 4) is 5.69 Å². The number of hydrogen-bond donors (Lipinski definition) is 0. The van der Waals surface area contributed by atoms with E-state index in [9.17, 15) is 0 Å². The van der Waals surface area contributed by atoms with E-state index < -0.39 is 0 Å². The lowest BCUT2D eigenvalue weighted by Gasteiger charge is -2.27. The molecule has 1 saturated heterocycles. The van der Waals surface area contributed by atoms with Crippen LogP contribution in [0.5, 0.6) is 0 Å². The quantitative estimate of drug-likeness (QED) is 0.619. The van der Waals surface area contributed by atoms with E-state index in [2.05, 4.69) is 31.8 Å². The Kier molecular flexibility index (Phi) is 5.43. The van der Waals surface area contributed by atoms with Gasteiger partial charge in [-0.2, -0.15) is 0 Å². The monoisotopic (exact) mass is 386 g/mol. The second kappa shape index (κ2) is 8.12. The van der Waals surface area contributed by atoms with Crippen molar-refractivity contribution in [1.82, 2.24) is 14.8 Å². The first-order chi connectivity index (χ1) is 12.8. The maximum absolute atomic E-state index is 5.97. The average molecular weight is 387 g/mol. The molecule has 0 atom stereocenters. The van der Waals surface area contributed by atoms with Crippen LogP contribution < -0.4 is 4.90 Å². The van der Waals surface area contributed by atoms with Gasteiger partial charge in [0.2, 0.25) is 5.95 Å². The zero-order valence-corrected chi connectivity index (χ0v) is 15.8. The fourth-order valence-electron chi connectivity index (χ4n) is 2.86. The highest BCUT2D eigenvalue weighted by Gasteiger charge is 2.21. The molecule has 2 heterocycles. The van der Waals surface area contributed by atoms with E-state index in [0.717, 1.165) is 53.9 Å². The summed E-state index contributed by atoms with van der Waals surface area (Å²) in [5, 5.41) is 10.6. The number of aromatic nitrogens is 3. The third-order valence-electron chi connectivity index (χ3n) is 4.21. The van der Waals surface area contributed by atoms with Crippen molar-refractivity contribution >= 4 is 29.3 Å². The molecule has 26 heavy (non-hydrogen) atoms. The molecule has 0 aliphatic carbocycles. The Balaban J connectivity index is 1.63. The summed E-state index contributed by atoms with van der Waals surface area (Å²) >= 11 is 7.65. The third-order valence-corrected chi connectivity index (χ3v) is 5.46. The molecule has 3 aromatic rings. The van der Waals surface area contributed by atoms with E-state index in [1.165, 1.54) is 5.56 Å². The van der Waals surface area contributed by atoms with Gasteiger partial charge in [0.15, 0.2) is 5.16 Å². The van der Waals surface area contributed by atoms with Crippen LogP contribution in [0, 0.1) is 0 Å². The molecule has 0 N–H and O–H groups in total. The van der Waals surface area contributed by atoms with Crippen LogP contribution in [0.2, 0.25) is 5.02 Å². The number of benzene rings is 2. The maximum Gasteiger partial charge on any atom is 0.232 e. The minimum absolute atomic E-state index is 0.717. The van der Waals surface area contributed by atoms with Crippen LogP contribution in [0.1, 0.15) is 5.56 Å². The van der Waals surface area contributed by atoms with Crippen LogP contribution in [0.4, 0.5) is 5.95 Å². The van der Waals surface area contributed by atoms with E-state index in [-0.39, 0.29) is 0 Å². The fraction of sp³-hybridized carbons (Fsp3) is 0.263. The Bertz CT molecular complexity index is 848. The Hall–Kier alpha value is -2.02. The van der Waals surface area contributed by atoms with Gasteiger partial charge in [0.1, 0.15) is 0 Å². The predicted octanol–water partition coefficient (Wildman–Crippen LogP) is 4.05. The highest BCUT2D eigenvalue weighted by Crippen LogP contribution is 2.29. The van der Waals surface area contributed by atoms with Gasteiger partial charge in [-0.15, -0.1) is 10.2 Å². The molecule has 0 unspecified atom stereocenters. The molecule has 0 bridgehead atoms. The van der Waals surface area contributed by atoms with Gasteiger partial charge in [-0.25, -0.2) is 0 Å². The minimum atomic E-state index is 0.717. The summed E-state index contributed by atoms with van der Waals surface area (Å²) in [7, 11) is 0. The van der Waals surface area contributed by atoms with Gasteiger partial charge in [0.05, 0.1) is 18.9 Å². The lowest BCUT2D eigenvalue weighted by atomic mass is 10.2. The summed E-state index contributed by atoms with van der Waals surface area (Å²) in [5.74, 6) is 1.68. The first-order valence-corrected chi connectivity index (χ1v) is 9.88. The molecule has 5 nitrogen and oxygen atoms in total. The van der Waals surface area contributed by atoms with Crippen molar-refractivity contribution in [2.75, 3.05) is 31.2 Å². The maximum atomic E-state index is 5.97. The lowest BCUT2D eigenvalue weighted by Crippen LogP contribution is -2.37. The predicted molar refractivity (Wildman–Crippen MR) is 105 cm³/mol. The molecule has 0 amide bonds. The lowest BCUT2D eigenvalue weighted by molar-refractivity contribution is 0.122. The van der Waals surface area contributed by atoms with Crippen molar-refractivity contribution in [2.45, 2.75) is 10.9 Å². The van der Waals surface area contributed by atoms with Crippen LogP contribution in [0.25, 0.3) is 5.69 Å². The standard InChI is InChI=1S/C19H19ClN4OS/c20-16-8-6-15(7-9-16)14-26-19-22-21-18(23-10-12-25-13-11-23)24(19)17-4-2-1-3-5-17/h1-9H,10-14H2. The topological polar surface area (TPSA) is 43.2 Å². The van der Waals surface area contributed by atoms with Gasteiger partial charge >= 0.3 is 0 Å². The molecule has 7 heteroatoms. The SMILES string of the molecule is Clc1ccc(CSc2nnc(N3CCOCC3)n2-c2ccccc2)cc1. The first kappa shape index (κ1) is 17.4. The number of ether oxygens (including phenoxy) is 1. The minimum Gasteiger partial charge on any atom is -0.378 e. The summed E-state index contributed by atoms with van der Waals surface area (Å²) in [6.07, 6.45) is 0. The molecule has 134 valence electrons. The Morgan fingerprint density at radius 3 is 2.42 bits per heavy atom. The molecular formula is C19H19ClN4OS. The van der Waals surface area contributed by atoms with E-state index in [1.807, 2.05) is 42.5 Å². The molecule has 0 radical (unpaired) electrons. The van der Waals surface area contributed by atoms with Crippen LogP contribution in [0.3, 0.4) is 0 Å². The van der Waals surface area contributed by atoms with Gasteiger partial charge in [0, 0.05) is 23.9 Å². The molecule has 1 aliphatic rings. The zero-order valence-electron chi connectivity index (χ0n) is 14.2. The summed E-state index contributed by atoms with van der Waals surface area (Å²) in [4.78, 5) is 2.23. The molecule has 1 aliphatic heterocycles. The van der Waals surface area contributed by atoms with Crippen molar-refractivity contribution in [2.24, 2.45) is 0 Å². The Morgan fingerprint density at radius 1 is 0.962 bits per heavy atom. The fourth-order valence-corrected chi connectivity index (χ4v) is 3.88.